The van der Waals surface area contributed by atoms with Crippen LogP contribution in [0.15, 0.2) is 17.5 Å². The van der Waals surface area contributed by atoms with Gasteiger partial charge in [0.15, 0.2) is 0 Å². The van der Waals surface area contributed by atoms with Crippen LogP contribution < -0.4 is 4.90 Å². The van der Waals surface area contributed by atoms with Crippen molar-refractivity contribution in [2.24, 2.45) is 0 Å². The molecule has 2 fully saturated rings. The molecule has 2 aliphatic heterocycles. The predicted octanol–water partition coefficient (Wildman–Crippen LogP) is 2.42. The van der Waals surface area contributed by atoms with Gasteiger partial charge in [-0.2, -0.15) is 0 Å². The second-order valence-electron chi connectivity index (χ2n) is 4.58. The van der Waals surface area contributed by atoms with E-state index in [0.717, 1.165) is 6.04 Å². The molecule has 3 heterocycles. The summed E-state index contributed by atoms with van der Waals surface area (Å²) in [6.07, 6.45) is 4.25. The van der Waals surface area contributed by atoms with Crippen LogP contribution in [0.3, 0.4) is 0 Å². The van der Waals surface area contributed by atoms with Gasteiger partial charge in [-0.3, -0.25) is 4.90 Å². The van der Waals surface area contributed by atoms with Crippen molar-refractivity contribution in [3.05, 3.63) is 17.5 Å². The van der Waals surface area contributed by atoms with Gasteiger partial charge in [-0.1, -0.05) is 6.42 Å². The van der Waals surface area contributed by atoms with E-state index >= 15 is 0 Å². The SMILES string of the molecule is c1csc(N2CCN3CCCCC3C2)c1. The Bertz CT molecular complexity index is 309. The minimum absolute atomic E-state index is 0.828. The van der Waals surface area contributed by atoms with Gasteiger partial charge in [0.25, 0.3) is 0 Å². The Morgan fingerprint density at radius 2 is 2.20 bits per heavy atom. The van der Waals surface area contributed by atoms with Gasteiger partial charge in [0.05, 0.1) is 5.00 Å². The molecule has 2 saturated heterocycles. The zero-order valence-electron chi connectivity index (χ0n) is 9.06. The molecule has 0 saturated carbocycles. The van der Waals surface area contributed by atoms with Crippen LogP contribution in [0, 0.1) is 0 Å². The highest BCUT2D eigenvalue weighted by molar-refractivity contribution is 7.14. The molecule has 2 nitrogen and oxygen atoms in total. The molecule has 1 aromatic rings. The summed E-state index contributed by atoms with van der Waals surface area (Å²) in [5, 5.41) is 3.64. The molecule has 3 rings (SSSR count). The second kappa shape index (κ2) is 4.14. The number of piperidine rings is 1. The van der Waals surface area contributed by atoms with E-state index in [-0.39, 0.29) is 0 Å². The minimum atomic E-state index is 0.828. The van der Waals surface area contributed by atoms with E-state index in [1.165, 1.54) is 50.4 Å². The van der Waals surface area contributed by atoms with Crippen molar-refractivity contribution in [1.29, 1.82) is 0 Å². The number of fused-ring (bicyclic) bond motifs is 1. The van der Waals surface area contributed by atoms with Gasteiger partial charge >= 0.3 is 0 Å². The number of hydrogen-bond acceptors (Lipinski definition) is 3. The number of anilines is 1. The maximum Gasteiger partial charge on any atom is 0.0909 e. The van der Waals surface area contributed by atoms with Crippen molar-refractivity contribution >= 4 is 16.3 Å². The second-order valence-corrected chi connectivity index (χ2v) is 5.51. The standard InChI is InChI=1S/C12H18N2S/c1-2-6-13-7-8-14(10-11(13)4-1)12-5-3-9-15-12/h3,5,9,11H,1-2,4,6-8,10H2. The molecule has 1 atom stereocenters. The molecule has 82 valence electrons. The first-order valence-corrected chi connectivity index (χ1v) is 6.84. The number of rotatable bonds is 1. The minimum Gasteiger partial charge on any atom is -0.361 e. The van der Waals surface area contributed by atoms with Crippen LogP contribution in [0.1, 0.15) is 19.3 Å². The zero-order valence-corrected chi connectivity index (χ0v) is 9.88. The van der Waals surface area contributed by atoms with E-state index in [4.69, 9.17) is 0 Å². The lowest BCUT2D eigenvalue weighted by atomic mass is 10.00. The largest absolute Gasteiger partial charge is 0.361 e. The van der Waals surface area contributed by atoms with Gasteiger partial charge in [0.2, 0.25) is 0 Å². The normalized spacial score (nSPS) is 27.7. The van der Waals surface area contributed by atoms with Crippen LogP contribution in [-0.2, 0) is 0 Å². The van der Waals surface area contributed by atoms with Gasteiger partial charge in [0, 0.05) is 25.7 Å². The third-order valence-electron chi connectivity index (χ3n) is 3.66. The third-order valence-corrected chi connectivity index (χ3v) is 4.58. The van der Waals surface area contributed by atoms with E-state index < -0.39 is 0 Å². The van der Waals surface area contributed by atoms with Gasteiger partial charge < -0.3 is 4.90 Å². The molecule has 0 N–H and O–H groups in total. The zero-order chi connectivity index (χ0) is 10.1. The van der Waals surface area contributed by atoms with Crippen LogP contribution in [0.4, 0.5) is 5.00 Å². The van der Waals surface area contributed by atoms with Crippen LogP contribution in [0.2, 0.25) is 0 Å². The summed E-state index contributed by atoms with van der Waals surface area (Å²) in [7, 11) is 0. The summed E-state index contributed by atoms with van der Waals surface area (Å²) in [6.45, 7) is 5.07. The summed E-state index contributed by atoms with van der Waals surface area (Å²) < 4.78 is 0. The highest BCUT2D eigenvalue weighted by Gasteiger charge is 2.28. The monoisotopic (exact) mass is 222 g/mol. The lowest BCUT2D eigenvalue weighted by Crippen LogP contribution is -2.54. The van der Waals surface area contributed by atoms with Crippen molar-refractivity contribution < 1.29 is 0 Å². The molecule has 0 aliphatic carbocycles. The third kappa shape index (κ3) is 1.91. The van der Waals surface area contributed by atoms with E-state index in [2.05, 4.69) is 27.3 Å². The average Bonchev–Trinajstić information content (AvgIpc) is 2.82. The van der Waals surface area contributed by atoms with E-state index in [9.17, 15) is 0 Å². The lowest BCUT2D eigenvalue weighted by molar-refractivity contribution is 0.134. The average molecular weight is 222 g/mol. The van der Waals surface area contributed by atoms with Crippen molar-refractivity contribution in [3.8, 4) is 0 Å². The number of hydrogen-bond donors (Lipinski definition) is 0. The Hall–Kier alpha value is -0.540. The fourth-order valence-corrected chi connectivity index (χ4v) is 3.57. The lowest BCUT2D eigenvalue weighted by Gasteiger charge is -2.44. The van der Waals surface area contributed by atoms with Crippen molar-refractivity contribution in [3.63, 3.8) is 0 Å². The van der Waals surface area contributed by atoms with Gasteiger partial charge in [-0.15, -0.1) is 11.3 Å². The predicted molar refractivity (Wildman–Crippen MR) is 65.7 cm³/mol. The molecule has 1 aromatic heterocycles. The van der Waals surface area contributed by atoms with Crippen molar-refractivity contribution in [2.45, 2.75) is 25.3 Å². The van der Waals surface area contributed by atoms with E-state index in [0.29, 0.717) is 0 Å². The summed E-state index contributed by atoms with van der Waals surface area (Å²) in [5.41, 5.74) is 0. The molecular formula is C12H18N2S. The molecule has 3 heteroatoms. The molecular weight excluding hydrogens is 204 g/mol. The van der Waals surface area contributed by atoms with Crippen LogP contribution >= 0.6 is 11.3 Å². The van der Waals surface area contributed by atoms with E-state index in [1.807, 2.05) is 11.3 Å². The fourth-order valence-electron chi connectivity index (χ4n) is 2.81. The number of thiophene rings is 1. The van der Waals surface area contributed by atoms with Crippen molar-refractivity contribution in [1.82, 2.24) is 4.90 Å². The number of piperazine rings is 1. The summed E-state index contributed by atoms with van der Waals surface area (Å²) in [6, 6.07) is 5.24. The van der Waals surface area contributed by atoms with E-state index in [1.54, 1.807) is 0 Å². The van der Waals surface area contributed by atoms with Gasteiger partial charge in [0.1, 0.15) is 0 Å². The topological polar surface area (TPSA) is 6.48 Å². The first-order chi connectivity index (χ1) is 7.43. The Kier molecular flexibility index (Phi) is 2.67. The molecule has 0 radical (unpaired) electrons. The molecule has 0 spiro atoms. The Morgan fingerprint density at radius 3 is 3.07 bits per heavy atom. The quantitative estimate of drug-likeness (QED) is 0.720. The summed E-state index contributed by atoms with van der Waals surface area (Å²) >= 11 is 1.88. The van der Waals surface area contributed by atoms with Crippen LogP contribution in [0.25, 0.3) is 0 Å². The fraction of sp³-hybridized carbons (Fsp3) is 0.667. The summed E-state index contributed by atoms with van der Waals surface area (Å²) in [4.78, 5) is 5.25. The maximum absolute atomic E-state index is 2.69. The Morgan fingerprint density at radius 1 is 1.20 bits per heavy atom. The smallest absolute Gasteiger partial charge is 0.0909 e. The summed E-state index contributed by atoms with van der Waals surface area (Å²) in [5.74, 6) is 0. The molecule has 1 unspecified atom stereocenters. The molecule has 0 bridgehead atoms. The van der Waals surface area contributed by atoms with Crippen LogP contribution in [-0.4, -0.2) is 37.1 Å². The Balaban J connectivity index is 1.70. The molecule has 0 amide bonds. The maximum atomic E-state index is 2.69. The Labute approximate surface area is 95.5 Å². The molecule has 2 aliphatic rings. The van der Waals surface area contributed by atoms with Crippen molar-refractivity contribution in [2.75, 3.05) is 31.1 Å². The van der Waals surface area contributed by atoms with Crippen LogP contribution in [0.5, 0.6) is 0 Å². The number of nitrogens with zero attached hydrogens (tertiary/aromatic N) is 2. The molecule has 15 heavy (non-hydrogen) atoms. The highest BCUT2D eigenvalue weighted by Crippen LogP contribution is 2.27. The highest BCUT2D eigenvalue weighted by atomic mass is 32.1. The molecule has 0 aromatic carbocycles. The van der Waals surface area contributed by atoms with Gasteiger partial charge in [-0.25, -0.2) is 0 Å². The first kappa shape index (κ1) is 9.67. The van der Waals surface area contributed by atoms with Gasteiger partial charge in [-0.05, 0) is 36.9 Å². The first-order valence-electron chi connectivity index (χ1n) is 5.96.